The van der Waals surface area contributed by atoms with Crippen molar-refractivity contribution in [3.63, 3.8) is 0 Å². The first-order chi connectivity index (χ1) is 10.8. The van der Waals surface area contributed by atoms with Gasteiger partial charge in [0.05, 0.1) is 4.90 Å². The number of sulfonamides is 1. The summed E-state index contributed by atoms with van der Waals surface area (Å²) in [5.41, 5.74) is 0.422. The molecule has 0 spiro atoms. The van der Waals surface area contributed by atoms with Gasteiger partial charge in [0.25, 0.3) is 5.91 Å². The van der Waals surface area contributed by atoms with E-state index < -0.39 is 10.0 Å². The summed E-state index contributed by atoms with van der Waals surface area (Å²) in [5.74, 6) is 0.468. The normalized spacial score (nSPS) is 18.7. The molecule has 0 bridgehead atoms. The number of carbonyl (C=O) groups excluding carboxylic acids is 1. The summed E-state index contributed by atoms with van der Waals surface area (Å²) in [7, 11) is -0.634. The van der Waals surface area contributed by atoms with E-state index in [0.717, 1.165) is 36.7 Å². The quantitative estimate of drug-likeness (QED) is 0.760. The van der Waals surface area contributed by atoms with Gasteiger partial charge in [-0.3, -0.25) is 4.79 Å². The number of nitrogens with zero attached hydrogens (tertiary/aromatic N) is 2. The SMILES string of the molecule is CCC[C@H]1CCN(C(=O)c2ccc(Br)c(S(=O)(=O)N(C)C)c2)C1. The maximum atomic E-state index is 12.7. The van der Waals surface area contributed by atoms with Crippen LogP contribution in [0.15, 0.2) is 27.6 Å². The van der Waals surface area contributed by atoms with Gasteiger partial charge in [-0.2, -0.15) is 0 Å². The van der Waals surface area contributed by atoms with Gasteiger partial charge in [-0.1, -0.05) is 13.3 Å². The summed E-state index contributed by atoms with van der Waals surface area (Å²) in [4.78, 5) is 14.6. The van der Waals surface area contributed by atoms with E-state index in [4.69, 9.17) is 0 Å². The molecule has 7 heteroatoms. The van der Waals surface area contributed by atoms with Crippen LogP contribution < -0.4 is 0 Å². The van der Waals surface area contributed by atoms with E-state index in [0.29, 0.717) is 16.0 Å². The fourth-order valence-corrected chi connectivity index (χ4v) is 4.72. The molecule has 1 aliphatic rings. The molecule has 0 saturated carbocycles. The number of hydrogen-bond acceptors (Lipinski definition) is 3. The van der Waals surface area contributed by atoms with E-state index in [9.17, 15) is 13.2 Å². The maximum Gasteiger partial charge on any atom is 0.253 e. The first-order valence-corrected chi connectivity index (χ1v) is 10.0. The third kappa shape index (κ3) is 3.95. The van der Waals surface area contributed by atoms with Crippen LogP contribution in [0.2, 0.25) is 0 Å². The zero-order valence-electron chi connectivity index (χ0n) is 13.8. The lowest BCUT2D eigenvalue weighted by Gasteiger charge is -2.18. The molecule has 1 amide bonds. The zero-order valence-corrected chi connectivity index (χ0v) is 16.2. The second-order valence-corrected chi connectivity index (χ2v) is 9.10. The average molecular weight is 403 g/mol. The van der Waals surface area contributed by atoms with Crippen LogP contribution in [0.25, 0.3) is 0 Å². The predicted molar refractivity (Wildman–Crippen MR) is 93.9 cm³/mol. The van der Waals surface area contributed by atoms with Crippen LogP contribution in [0.3, 0.4) is 0 Å². The Hall–Kier alpha value is -0.920. The van der Waals surface area contributed by atoms with E-state index in [-0.39, 0.29) is 10.8 Å². The molecule has 128 valence electrons. The molecule has 0 aromatic heterocycles. The molecule has 1 aromatic carbocycles. The van der Waals surface area contributed by atoms with E-state index in [1.54, 1.807) is 12.1 Å². The minimum atomic E-state index is -3.59. The third-order valence-corrected chi connectivity index (χ3v) is 7.02. The highest BCUT2D eigenvalue weighted by molar-refractivity contribution is 9.10. The third-order valence-electron chi connectivity index (χ3n) is 4.21. The summed E-state index contributed by atoms with van der Waals surface area (Å²) in [5, 5.41) is 0. The summed E-state index contributed by atoms with van der Waals surface area (Å²) in [6.07, 6.45) is 3.28. The summed E-state index contributed by atoms with van der Waals surface area (Å²) in [6.45, 7) is 3.66. The topological polar surface area (TPSA) is 57.7 Å². The van der Waals surface area contributed by atoms with Crippen LogP contribution in [0.1, 0.15) is 36.5 Å². The molecule has 1 atom stereocenters. The zero-order chi connectivity index (χ0) is 17.2. The number of amides is 1. The van der Waals surface area contributed by atoms with Gasteiger partial charge < -0.3 is 4.90 Å². The second-order valence-electron chi connectivity index (χ2n) is 6.13. The lowest BCUT2D eigenvalue weighted by Crippen LogP contribution is -2.29. The molecule has 1 aliphatic heterocycles. The van der Waals surface area contributed by atoms with Crippen molar-refractivity contribution in [1.29, 1.82) is 0 Å². The Balaban J connectivity index is 2.26. The van der Waals surface area contributed by atoms with Crippen molar-refractivity contribution in [3.05, 3.63) is 28.2 Å². The molecular weight excluding hydrogens is 380 g/mol. The number of hydrogen-bond donors (Lipinski definition) is 0. The van der Waals surface area contributed by atoms with E-state index >= 15 is 0 Å². The van der Waals surface area contributed by atoms with Gasteiger partial charge >= 0.3 is 0 Å². The lowest BCUT2D eigenvalue weighted by molar-refractivity contribution is 0.0786. The Labute approximate surface area is 146 Å². The highest BCUT2D eigenvalue weighted by Gasteiger charge is 2.28. The average Bonchev–Trinajstić information content (AvgIpc) is 2.95. The first kappa shape index (κ1) is 18.4. The molecule has 0 aliphatic carbocycles. The Morgan fingerprint density at radius 3 is 2.70 bits per heavy atom. The Morgan fingerprint density at radius 2 is 2.09 bits per heavy atom. The number of halogens is 1. The Morgan fingerprint density at radius 1 is 1.39 bits per heavy atom. The van der Waals surface area contributed by atoms with E-state index in [1.807, 2.05) is 4.90 Å². The van der Waals surface area contributed by atoms with Crippen molar-refractivity contribution in [2.24, 2.45) is 5.92 Å². The maximum absolute atomic E-state index is 12.7. The second kappa shape index (κ2) is 7.32. The largest absolute Gasteiger partial charge is 0.338 e. The van der Waals surface area contributed by atoms with Crippen molar-refractivity contribution in [2.75, 3.05) is 27.2 Å². The molecule has 1 aromatic rings. The van der Waals surface area contributed by atoms with Gasteiger partial charge in [0.2, 0.25) is 10.0 Å². The van der Waals surface area contributed by atoms with Crippen molar-refractivity contribution >= 4 is 31.9 Å². The molecule has 23 heavy (non-hydrogen) atoms. The number of carbonyl (C=O) groups is 1. The van der Waals surface area contributed by atoms with Gasteiger partial charge in [0.15, 0.2) is 0 Å². The van der Waals surface area contributed by atoms with Crippen LogP contribution in [0.5, 0.6) is 0 Å². The predicted octanol–water partition coefficient (Wildman–Crippen LogP) is 2.96. The minimum Gasteiger partial charge on any atom is -0.338 e. The van der Waals surface area contributed by atoms with Crippen molar-refractivity contribution in [3.8, 4) is 0 Å². The van der Waals surface area contributed by atoms with Gasteiger partial charge in [0, 0.05) is 37.2 Å². The molecule has 1 saturated heterocycles. The number of likely N-dealkylation sites (tertiary alicyclic amines) is 1. The number of rotatable bonds is 5. The molecule has 1 heterocycles. The minimum absolute atomic E-state index is 0.0914. The van der Waals surface area contributed by atoms with Gasteiger partial charge in [-0.25, -0.2) is 12.7 Å². The van der Waals surface area contributed by atoms with Crippen LogP contribution in [-0.2, 0) is 10.0 Å². The summed E-state index contributed by atoms with van der Waals surface area (Å²) < 4.78 is 26.3. The summed E-state index contributed by atoms with van der Waals surface area (Å²) in [6, 6.07) is 4.77. The van der Waals surface area contributed by atoms with Crippen LogP contribution in [0.4, 0.5) is 0 Å². The van der Waals surface area contributed by atoms with Gasteiger partial charge in [0.1, 0.15) is 0 Å². The van der Waals surface area contributed by atoms with Crippen molar-refractivity contribution in [1.82, 2.24) is 9.21 Å². The molecule has 0 radical (unpaired) electrons. The van der Waals surface area contributed by atoms with Crippen molar-refractivity contribution < 1.29 is 13.2 Å². The first-order valence-electron chi connectivity index (χ1n) is 7.78. The summed E-state index contributed by atoms with van der Waals surface area (Å²) >= 11 is 3.27. The number of benzene rings is 1. The van der Waals surface area contributed by atoms with Crippen LogP contribution >= 0.6 is 15.9 Å². The fraction of sp³-hybridized carbons (Fsp3) is 0.562. The molecule has 2 rings (SSSR count). The Kier molecular flexibility index (Phi) is 5.86. The van der Waals surface area contributed by atoms with Crippen molar-refractivity contribution in [2.45, 2.75) is 31.1 Å². The molecule has 5 nitrogen and oxygen atoms in total. The molecule has 0 N–H and O–H groups in total. The lowest BCUT2D eigenvalue weighted by atomic mass is 10.0. The van der Waals surface area contributed by atoms with Gasteiger partial charge in [-0.15, -0.1) is 0 Å². The van der Waals surface area contributed by atoms with Crippen LogP contribution in [0, 0.1) is 5.92 Å². The molecular formula is C16H23BrN2O3S. The highest BCUT2D eigenvalue weighted by atomic mass is 79.9. The smallest absolute Gasteiger partial charge is 0.253 e. The fourth-order valence-electron chi connectivity index (χ4n) is 2.87. The van der Waals surface area contributed by atoms with Crippen LogP contribution in [-0.4, -0.2) is 50.7 Å². The monoisotopic (exact) mass is 402 g/mol. The Bertz CT molecular complexity index is 689. The molecule has 0 unspecified atom stereocenters. The standard InChI is InChI=1S/C16H23BrN2O3S/c1-4-5-12-8-9-19(11-12)16(20)13-6-7-14(17)15(10-13)23(21,22)18(2)3/h6-7,10,12H,4-5,8-9,11H2,1-3H3/t12-/m0/s1. The molecule has 1 fully saturated rings. The highest BCUT2D eigenvalue weighted by Crippen LogP contribution is 2.27. The van der Waals surface area contributed by atoms with E-state index in [1.165, 1.54) is 20.2 Å². The van der Waals surface area contributed by atoms with Gasteiger partial charge in [-0.05, 0) is 52.9 Å². The van der Waals surface area contributed by atoms with E-state index in [2.05, 4.69) is 22.9 Å².